The van der Waals surface area contributed by atoms with Gasteiger partial charge in [-0.05, 0) is 64.0 Å². The number of rotatable bonds is 12. The maximum absolute atomic E-state index is 13.8. The van der Waals surface area contributed by atoms with E-state index in [0.29, 0.717) is 21.7 Å². The fourth-order valence-electron chi connectivity index (χ4n) is 5.37. The fraction of sp³-hybridized carbons (Fsp3) is 0.486. The van der Waals surface area contributed by atoms with Crippen LogP contribution < -0.4 is 39.8 Å². The lowest BCUT2D eigenvalue weighted by molar-refractivity contribution is -1.06. The van der Waals surface area contributed by atoms with Gasteiger partial charge in [-0.3, -0.25) is 14.5 Å². The number of hydroxylamine groups is 3. The molecule has 3 N–H and O–H groups in total. The summed E-state index contributed by atoms with van der Waals surface area (Å²) in [7, 11) is 5.50. The van der Waals surface area contributed by atoms with Gasteiger partial charge in [0.1, 0.15) is 53.4 Å². The monoisotopic (exact) mass is 884 g/mol. The number of anilines is 1. The van der Waals surface area contributed by atoms with Gasteiger partial charge in [-0.1, -0.05) is 23.4 Å². The number of hydrogen-bond acceptors (Lipinski definition) is 14. The van der Waals surface area contributed by atoms with Crippen LogP contribution in [0.4, 0.5) is 5.13 Å². The maximum atomic E-state index is 13.8. The standard InChI is InChI=1S/C35H44N6O9S2.HI/c1-34(2,3)48-32(45)35(4,5)50-39-25(24-19-52-33(36)37-24)28(42)38-26-29(43)40-27(31(44)47-17-20-9-12-22(46-8)13-10-20)21(18-51-30(26)40)11-14-23-15-16-41(6,7)49-23;/h9-14,19,23,26,30H,15-18H2,1-8H3,(H2-,36,37,38,42);1H/b14-11+,39-25-;/t23?,26-,30-;/m1./s1. The number of benzene rings is 1. The first kappa shape index (κ1) is 42.0. The Hall–Kier alpha value is -3.72. The molecular weight excluding hydrogens is 839 g/mol. The number of carbonyl (C=O) groups is 4. The summed E-state index contributed by atoms with van der Waals surface area (Å²) in [6.45, 7) is 8.85. The maximum Gasteiger partial charge on any atom is 0.355 e. The van der Waals surface area contributed by atoms with Gasteiger partial charge in [0.2, 0.25) is 5.60 Å². The molecular formula is C35H45IN6O9S2. The van der Waals surface area contributed by atoms with E-state index < -0.39 is 46.4 Å². The first-order chi connectivity index (χ1) is 24.4. The highest BCUT2D eigenvalue weighted by molar-refractivity contribution is 8.00. The Morgan fingerprint density at radius 2 is 1.87 bits per heavy atom. The summed E-state index contributed by atoms with van der Waals surface area (Å²) in [6.07, 6.45) is 4.34. The normalized spacial score (nSPS) is 21.4. The van der Waals surface area contributed by atoms with Gasteiger partial charge in [-0.25, -0.2) is 14.6 Å². The molecule has 53 heavy (non-hydrogen) atoms. The van der Waals surface area contributed by atoms with Crippen LogP contribution in [-0.4, -0.2) is 106 Å². The number of ether oxygens (including phenoxy) is 3. The number of amides is 2. The third-order valence-electron chi connectivity index (χ3n) is 8.13. The average Bonchev–Trinajstić information content (AvgIpc) is 3.67. The van der Waals surface area contributed by atoms with Crippen molar-refractivity contribution in [3.8, 4) is 5.75 Å². The van der Waals surface area contributed by atoms with Gasteiger partial charge >= 0.3 is 11.9 Å². The van der Waals surface area contributed by atoms with E-state index in [-0.39, 0.29) is 58.9 Å². The van der Waals surface area contributed by atoms with Gasteiger partial charge in [0.05, 0.1) is 21.2 Å². The Kier molecular flexibility index (Phi) is 13.3. The van der Waals surface area contributed by atoms with Crippen LogP contribution in [0.25, 0.3) is 0 Å². The Labute approximate surface area is 333 Å². The lowest BCUT2D eigenvalue weighted by Gasteiger charge is -2.49. The SMILES string of the molecule is COc1ccc(COC(=O)C2=C(/C=C/C3CC[N+](C)(C)O3)CS[C@@H]3[C@H](NC(=O)/C(=N\OC(C)(C)C(=O)OC(C)(C)C)c4csc(N)n4)C(=O)N23)cc1.[I-]. The van der Waals surface area contributed by atoms with Crippen LogP contribution >= 0.6 is 23.1 Å². The number of thiazole rings is 1. The number of aromatic nitrogens is 1. The van der Waals surface area contributed by atoms with Gasteiger partial charge in [0.25, 0.3) is 11.8 Å². The minimum atomic E-state index is -1.57. The number of esters is 2. The Morgan fingerprint density at radius 3 is 2.45 bits per heavy atom. The number of oxime groups is 1. The number of allylic oxidation sites excluding steroid dienone is 1. The van der Waals surface area contributed by atoms with E-state index in [4.69, 9.17) is 29.6 Å². The molecule has 3 aliphatic rings. The molecule has 1 unspecified atom stereocenters. The van der Waals surface area contributed by atoms with Gasteiger partial charge in [-0.2, -0.15) is 9.48 Å². The number of β-lactam (4-membered cyclic amide) rings is 1. The smallest absolute Gasteiger partial charge is 0.355 e. The number of quaternary nitrogens is 1. The summed E-state index contributed by atoms with van der Waals surface area (Å²) in [4.78, 5) is 71.2. The topological polar surface area (TPSA) is 181 Å². The summed E-state index contributed by atoms with van der Waals surface area (Å²) in [5.74, 6) is -1.67. The Morgan fingerprint density at radius 1 is 1.17 bits per heavy atom. The van der Waals surface area contributed by atoms with Crippen LogP contribution in [0.3, 0.4) is 0 Å². The number of nitrogens with zero attached hydrogens (tertiary/aromatic N) is 4. The Balaban J connectivity index is 0.00000627. The highest BCUT2D eigenvalue weighted by Gasteiger charge is 2.54. The van der Waals surface area contributed by atoms with E-state index in [2.05, 4.69) is 15.5 Å². The van der Waals surface area contributed by atoms with Crippen LogP contribution in [0.2, 0.25) is 0 Å². The molecule has 18 heteroatoms. The van der Waals surface area contributed by atoms with E-state index in [1.54, 1.807) is 52.1 Å². The molecule has 1 aromatic carbocycles. The summed E-state index contributed by atoms with van der Waals surface area (Å²) in [5, 5.41) is 7.78. The summed E-state index contributed by atoms with van der Waals surface area (Å²) >= 11 is 2.46. The van der Waals surface area contributed by atoms with Crippen LogP contribution in [0.1, 0.15) is 52.3 Å². The van der Waals surface area contributed by atoms with Gasteiger partial charge in [0, 0.05) is 17.6 Å². The first-order valence-corrected chi connectivity index (χ1v) is 18.5. The number of fused-ring (bicyclic) bond motifs is 1. The molecule has 15 nitrogen and oxygen atoms in total. The molecule has 4 heterocycles. The van der Waals surface area contributed by atoms with E-state index in [1.807, 2.05) is 26.2 Å². The van der Waals surface area contributed by atoms with Crippen molar-refractivity contribution in [2.24, 2.45) is 5.16 Å². The van der Waals surface area contributed by atoms with Crippen LogP contribution in [0.15, 0.2) is 58.2 Å². The van der Waals surface area contributed by atoms with E-state index in [1.165, 1.54) is 35.9 Å². The van der Waals surface area contributed by atoms with Gasteiger partial charge in [-0.15, -0.1) is 23.1 Å². The molecule has 3 aliphatic heterocycles. The fourth-order valence-corrected chi connectivity index (χ4v) is 7.24. The van der Waals surface area contributed by atoms with E-state index >= 15 is 0 Å². The number of carbonyl (C=O) groups excluding carboxylic acids is 4. The summed E-state index contributed by atoms with van der Waals surface area (Å²) in [6, 6.07) is 6.07. The zero-order valence-corrected chi connectivity index (χ0v) is 34.6. The average molecular weight is 885 g/mol. The molecule has 3 atom stereocenters. The van der Waals surface area contributed by atoms with Crippen LogP contribution in [0, 0.1) is 0 Å². The number of nitrogens with two attached hydrogens (primary N) is 1. The number of thioether (sulfide) groups is 1. The predicted octanol–water partition coefficient (Wildman–Crippen LogP) is 0.313. The summed E-state index contributed by atoms with van der Waals surface area (Å²) in [5.41, 5.74) is 4.70. The van der Waals surface area contributed by atoms with Gasteiger partial charge < -0.3 is 54.1 Å². The third kappa shape index (κ3) is 10.3. The van der Waals surface area contributed by atoms with Crippen molar-refractivity contribution in [2.75, 3.05) is 39.2 Å². The lowest BCUT2D eigenvalue weighted by Crippen LogP contribution is -3.00. The molecule has 2 fully saturated rings. The molecule has 2 aromatic rings. The van der Waals surface area contributed by atoms with Crippen molar-refractivity contribution in [1.29, 1.82) is 0 Å². The third-order valence-corrected chi connectivity index (χ3v) is 10.1. The molecule has 2 amide bonds. The molecule has 1 aromatic heterocycles. The van der Waals surface area contributed by atoms with Crippen molar-refractivity contribution in [3.63, 3.8) is 0 Å². The molecule has 288 valence electrons. The van der Waals surface area contributed by atoms with Gasteiger partial charge in [0.15, 0.2) is 10.8 Å². The Bertz CT molecular complexity index is 1800. The molecule has 2 saturated heterocycles. The quantitative estimate of drug-likeness (QED) is 0.0746. The number of methoxy groups -OCH3 is 1. The zero-order chi connectivity index (χ0) is 38.0. The van der Waals surface area contributed by atoms with Crippen molar-refractivity contribution >= 4 is 57.7 Å². The molecule has 0 aliphatic carbocycles. The largest absolute Gasteiger partial charge is 1.00 e. The van der Waals surface area contributed by atoms with E-state index in [9.17, 15) is 19.2 Å². The van der Waals surface area contributed by atoms with Crippen LogP contribution in [0.5, 0.6) is 5.75 Å². The minimum Gasteiger partial charge on any atom is -1.00 e. The number of nitrogens with one attached hydrogen (secondary N) is 1. The van der Waals surface area contributed by atoms with Crippen molar-refractivity contribution in [2.45, 2.75) is 76.4 Å². The highest BCUT2D eigenvalue weighted by atomic mass is 127. The number of nitrogen functional groups attached to an aromatic ring is 1. The highest BCUT2D eigenvalue weighted by Crippen LogP contribution is 2.41. The number of halogens is 1. The van der Waals surface area contributed by atoms with E-state index in [0.717, 1.165) is 29.9 Å². The number of hydrogen-bond donors (Lipinski definition) is 2. The predicted molar refractivity (Wildman–Crippen MR) is 195 cm³/mol. The molecule has 0 radical (unpaired) electrons. The molecule has 0 saturated carbocycles. The first-order valence-electron chi connectivity index (χ1n) is 16.6. The van der Waals surface area contributed by atoms with Crippen molar-refractivity contribution in [1.82, 2.24) is 15.2 Å². The molecule has 0 bridgehead atoms. The lowest BCUT2D eigenvalue weighted by atomic mass is 10.0. The second kappa shape index (κ2) is 16.7. The van der Waals surface area contributed by atoms with Crippen molar-refractivity contribution < 1.29 is 71.7 Å². The van der Waals surface area contributed by atoms with Crippen molar-refractivity contribution in [3.05, 3.63) is 64.3 Å². The summed E-state index contributed by atoms with van der Waals surface area (Å²) < 4.78 is 16.8. The second-order valence-corrected chi connectivity index (χ2v) is 16.4. The zero-order valence-electron chi connectivity index (χ0n) is 30.8. The molecule has 5 rings (SSSR count). The second-order valence-electron chi connectivity index (χ2n) is 14.4. The van der Waals surface area contributed by atoms with Crippen LogP contribution in [-0.2, 0) is 44.9 Å². The minimum absolute atomic E-state index is 0. The molecule has 0 spiro atoms.